The summed E-state index contributed by atoms with van der Waals surface area (Å²) in [4.78, 5) is 0. The monoisotopic (exact) mass is 272 g/mol. The van der Waals surface area contributed by atoms with Crippen LogP contribution >= 0.6 is 0 Å². The molecule has 0 bridgehead atoms. The van der Waals surface area contributed by atoms with Gasteiger partial charge in [0.25, 0.3) is 0 Å². The maximum Gasteiger partial charge on any atom is 0.104 e. The summed E-state index contributed by atoms with van der Waals surface area (Å²) in [5.41, 5.74) is 2.21. The Labute approximate surface area is 119 Å². The molecule has 0 aliphatic heterocycles. The van der Waals surface area contributed by atoms with Crippen LogP contribution in [0.2, 0.25) is 0 Å². The lowest BCUT2D eigenvalue weighted by Gasteiger charge is -2.15. The summed E-state index contributed by atoms with van der Waals surface area (Å²) in [7, 11) is 0. The number of aliphatic hydroxyl groups is 1. The van der Waals surface area contributed by atoms with Crippen LogP contribution < -0.4 is 0 Å². The van der Waals surface area contributed by atoms with E-state index in [2.05, 4.69) is 0 Å². The molecule has 0 radical (unpaired) electrons. The molecule has 2 aromatic carbocycles. The van der Waals surface area contributed by atoms with Crippen LogP contribution in [0.5, 0.6) is 0 Å². The molecule has 0 unspecified atom stereocenters. The number of hydrogen-bond acceptors (Lipinski definition) is 3. The van der Waals surface area contributed by atoms with Gasteiger partial charge in [-0.25, -0.2) is 0 Å². The van der Waals surface area contributed by atoms with Crippen molar-refractivity contribution in [3.05, 3.63) is 71.8 Å². The maximum absolute atomic E-state index is 9.30. The molecule has 1 atom stereocenters. The molecule has 0 saturated heterocycles. The molecule has 2 rings (SSSR count). The van der Waals surface area contributed by atoms with Gasteiger partial charge >= 0.3 is 0 Å². The highest BCUT2D eigenvalue weighted by molar-refractivity contribution is 5.14. The minimum atomic E-state index is -0.293. The molecule has 0 saturated carbocycles. The zero-order valence-electron chi connectivity index (χ0n) is 11.4. The lowest BCUT2D eigenvalue weighted by atomic mass is 10.2. The third kappa shape index (κ3) is 5.13. The summed E-state index contributed by atoms with van der Waals surface area (Å²) in [6.07, 6.45) is -0.293. The Morgan fingerprint density at radius 1 is 0.800 bits per heavy atom. The van der Waals surface area contributed by atoms with Gasteiger partial charge in [0.1, 0.15) is 6.10 Å². The molecule has 106 valence electrons. The van der Waals surface area contributed by atoms with Crippen LogP contribution in [-0.2, 0) is 22.7 Å². The van der Waals surface area contributed by atoms with Crippen molar-refractivity contribution in [2.75, 3.05) is 13.2 Å². The molecule has 0 fully saturated rings. The van der Waals surface area contributed by atoms with E-state index in [9.17, 15) is 5.11 Å². The number of ether oxygens (including phenoxy) is 2. The third-order valence-corrected chi connectivity index (χ3v) is 2.95. The van der Waals surface area contributed by atoms with Gasteiger partial charge < -0.3 is 14.6 Å². The lowest BCUT2D eigenvalue weighted by Crippen LogP contribution is -2.23. The lowest BCUT2D eigenvalue weighted by molar-refractivity contribution is -0.0536. The topological polar surface area (TPSA) is 38.7 Å². The number of hydrogen-bond donors (Lipinski definition) is 1. The van der Waals surface area contributed by atoms with Gasteiger partial charge in [-0.3, -0.25) is 0 Å². The molecule has 0 aromatic heterocycles. The van der Waals surface area contributed by atoms with E-state index in [1.165, 1.54) is 0 Å². The van der Waals surface area contributed by atoms with Crippen molar-refractivity contribution in [3.63, 3.8) is 0 Å². The zero-order valence-corrected chi connectivity index (χ0v) is 11.4. The van der Waals surface area contributed by atoms with Gasteiger partial charge in [0.15, 0.2) is 0 Å². The van der Waals surface area contributed by atoms with Crippen LogP contribution in [0.15, 0.2) is 60.7 Å². The first-order chi connectivity index (χ1) is 9.88. The summed E-state index contributed by atoms with van der Waals surface area (Å²) in [6, 6.07) is 19.9. The largest absolute Gasteiger partial charge is 0.394 e. The summed E-state index contributed by atoms with van der Waals surface area (Å²) in [5, 5.41) is 9.30. The van der Waals surface area contributed by atoms with Crippen LogP contribution in [0.3, 0.4) is 0 Å². The van der Waals surface area contributed by atoms with Crippen LogP contribution in [0.25, 0.3) is 0 Å². The second-order valence-corrected chi connectivity index (χ2v) is 4.60. The summed E-state index contributed by atoms with van der Waals surface area (Å²) < 4.78 is 11.2. The molecular formula is C17H20O3. The van der Waals surface area contributed by atoms with E-state index in [0.29, 0.717) is 19.8 Å². The Bertz CT molecular complexity index is 470. The zero-order chi connectivity index (χ0) is 14.0. The smallest absolute Gasteiger partial charge is 0.104 e. The Morgan fingerprint density at radius 3 is 1.90 bits per heavy atom. The summed E-state index contributed by atoms with van der Waals surface area (Å²) in [5.74, 6) is 0. The fraction of sp³-hybridized carbons (Fsp3) is 0.294. The van der Waals surface area contributed by atoms with E-state index < -0.39 is 0 Å². The van der Waals surface area contributed by atoms with Crippen LogP contribution in [0.1, 0.15) is 11.1 Å². The third-order valence-electron chi connectivity index (χ3n) is 2.95. The quantitative estimate of drug-likeness (QED) is 0.803. The fourth-order valence-corrected chi connectivity index (χ4v) is 1.82. The first kappa shape index (κ1) is 14.7. The molecule has 0 aliphatic carbocycles. The molecular weight excluding hydrogens is 252 g/mol. The average molecular weight is 272 g/mol. The maximum atomic E-state index is 9.30. The van der Waals surface area contributed by atoms with Crippen molar-refractivity contribution in [3.8, 4) is 0 Å². The van der Waals surface area contributed by atoms with Gasteiger partial charge in [-0.1, -0.05) is 60.7 Å². The molecule has 3 nitrogen and oxygen atoms in total. The highest BCUT2D eigenvalue weighted by Gasteiger charge is 2.08. The Kier molecular flexibility index (Phi) is 6.24. The van der Waals surface area contributed by atoms with Gasteiger partial charge in [-0.15, -0.1) is 0 Å². The molecule has 0 aliphatic rings. The van der Waals surface area contributed by atoms with E-state index >= 15 is 0 Å². The van der Waals surface area contributed by atoms with Gasteiger partial charge in [0.2, 0.25) is 0 Å². The SMILES string of the molecule is OC[C@H](COCc1ccccc1)OCc1ccccc1. The summed E-state index contributed by atoms with van der Waals surface area (Å²) >= 11 is 0. The normalized spacial score (nSPS) is 12.2. The molecule has 0 amide bonds. The van der Waals surface area contributed by atoms with E-state index in [4.69, 9.17) is 9.47 Å². The van der Waals surface area contributed by atoms with Crippen molar-refractivity contribution in [2.45, 2.75) is 19.3 Å². The van der Waals surface area contributed by atoms with Crippen LogP contribution in [0.4, 0.5) is 0 Å². The predicted octanol–water partition coefficient (Wildman–Crippen LogP) is 2.78. The highest BCUT2D eigenvalue weighted by atomic mass is 16.5. The van der Waals surface area contributed by atoms with Gasteiger partial charge in [0.05, 0.1) is 26.4 Å². The standard InChI is InChI=1S/C17H20O3/c18-11-17(20-13-16-9-5-2-6-10-16)14-19-12-15-7-3-1-4-8-15/h1-10,17-18H,11-14H2/t17-/m1/s1. The van der Waals surface area contributed by atoms with Crippen LogP contribution in [-0.4, -0.2) is 24.4 Å². The second kappa shape index (κ2) is 8.48. The van der Waals surface area contributed by atoms with Crippen molar-refractivity contribution in [2.24, 2.45) is 0 Å². The molecule has 0 spiro atoms. The van der Waals surface area contributed by atoms with Gasteiger partial charge in [-0.2, -0.15) is 0 Å². The van der Waals surface area contributed by atoms with E-state index in [1.807, 2.05) is 60.7 Å². The fourth-order valence-electron chi connectivity index (χ4n) is 1.82. The molecule has 20 heavy (non-hydrogen) atoms. The highest BCUT2D eigenvalue weighted by Crippen LogP contribution is 2.05. The van der Waals surface area contributed by atoms with Crippen molar-refractivity contribution >= 4 is 0 Å². The average Bonchev–Trinajstić information content (AvgIpc) is 2.52. The van der Waals surface area contributed by atoms with Crippen molar-refractivity contribution in [1.82, 2.24) is 0 Å². The van der Waals surface area contributed by atoms with E-state index in [-0.39, 0.29) is 12.7 Å². The molecule has 3 heteroatoms. The predicted molar refractivity (Wildman–Crippen MR) is 78.2 cm³/mol. The molecule has 0 heterocycles. The van der Waals surface area contributed by atoms with Crippen molar-refractivity contribution in [1.29, 1.82) is 0 Å². The van der Waals surface area contributed by atoms with Crippen LogP contribution in [0, 0.1) is 0 Å². The summed E-state index contributed by atoms with van der Waals surface area (Å²) in [6.45, 7) is 1.37. The van der Waals surface area contributed by atoms with Gasteiger partial charge in [-0.05, 0) is 11.1 Å². The number of benzene rings is 2. The van der Waals surface area contributed by atoms with E-state index in [0.717, 1.165) is 11.1 Å². The Balaban J connectivity index is 1.70. The molecule has 1 N–H and O–H groups in total. The number of aliphatic hydroxyl groups excluding tert-OH is 1. The first-order valence-corrected chi connectivity index (χ1v) is 6.76. The number of rotatable bonds is 8. The van der Waals surface area contributed by atoms with Crippen molar-refractivity contribution < 1.29 is 14.6 Å². The first-order valence-electron chi connectivity index (χ1n) is 6.76. The van der Waals surface area contributed by atoms with E-state index in [1.54, 1.807) is 0 Å². The van der Waals surface area contributed by atoms with Gasteiger partial charge in [0, 0.05) is 0 Å². The molecule has 2 aromatic rings. The Morgan fingerprint density at radius 2 is 1.35 bits per heavy atom. The minimum Gasteiger partial charge on any atom is -0.394 e. The Hall–Kier alpha value is -1.68. The minimum absolute atomic E-state index is 0.0401. The second-order valence-electron chi connectivity index (χ2n) is 4.60.